The Morgan fingerprint density at radius 1 is 1.12 bits per heavy atom. The number of nitro groups is 1. The predicted molar refractivity (Wildman–Crippen MR) is 95.5 cm³/mol. The highest BCUT2D eigenvalue weighted by Gasteiger charge is 2.22. The molecule has 0 aliphatic carbocycles. The van der Waals surface area contributed by atoms with Gasteiger partial charge in [-0.2, -0.15) is 0 Å². The van der Waals surface area contributed by atoms with E-state index in [0.717, 1.165) is 21.1 Å². The lowest BCUT2D eigenvalue weighted by atomic mass is 10.2. The van der Waals surface area contributed by atoms with Gasteiger partial charge in [-0.15, -0.1) is 21.5 Å². The van der Waals surface area contributed by atoms with Crippen LogP contribution in [0.4, 0.5) is 5.69 Å². The minimum absolute atomic E-state index is 0.0835. The summed E-state index contributed by atoms with van der Waals surface area (Å²) in [5.74, 6) is 0.381. The third-order valence-corrected chi connectivity index (χ3v) is 4.85. The summed E-state index contributed by atoms with van der Waals surface area (Å²) in [6.45, 7) is 1.85. The quantitative estimate of drug-likeness (QED) is 0.395. The smallest absolute Gasteiger partial charge is 0.282 e. The van der Waals surface area contributed by atoms with Gasteiger partial charge in [-0.1, -0.05) is 12.1 Å². The van der Waals surface area contributed by atoms with Crippen LogP contribution in [0.2, 0.25) is 0 Å². The molecule has 0 aliphatic heterocycles. The second-order valence-electron chi connectivity index (χ2n) is 5.36. The number of benzene rings is 1. The second kappa shape index (κ2) is 6.45. The van der Waals surface area contributed by atoms with E-state index in [9.17, 15) is 10.1 Å². The number of pyridine rings is 1. The van der Waals surface area contributed by atoms with E-state index in [0.29, 0.717) is 0 Å². The fourth-order valence-electron chi connectivity index (χ4n) is 2.45. The Hall–Kier alpha value is -3.46. The summed E-state index contributed by atoms with van der Waals surface area (Å²) in [5.41, 5.74) is 1.84. The largest absolute Gasteiger partial charge is 0.415 e. The second-order valence-corrected chi connectivity index (χ2v) is 6.36. The number of hydrogen-bond acceptors (Lipinski definition) is 8. The highest BCUT2D eigenvalue weighted by molar-refractivity contribution is 7.18. The van der Waals surface area contributed by atoms with E-state index in [4.69, 9.17) is 4.42 Å². The molecule has 4 rings (SSSR count). The van der Waals surface area contributed by atoms with Crippen LogP contribution in [0.1, 0.15) is 5.69 Å². The Morgan fingerprint density at radius 2 is 1.92 bits per heavy atom. The summed E-state index contributed by atoms with van der Waals surface area (Å²) < 4.78 is 5.70. The van der Waals surface area contributed by atoms with E-state index in [1.54, 1.807) is 30.6 Å². The molecule has 128 valence electrons. The molecule has 0 fully saturated rings. The van der Waals surface area contributed by atoms with Gasteiger partial charge in [-0.05, 0) is 25.1 Å². The Balaban J connectivity index is 1.74. The zero-order valence-corrected chi connectivity index (χ0v) is 14.3. The Bertz CT molecular complexity index is 1090. The maximum Gasteiger partial charge on any atom is 0.282 e. The van der Waals surface area contributed by atoms with E-state index in [2.05, 4.69) is 20.2 Å². The Morgan fingerprint density at radius 3 is 2.69 bits per heavy atom. The van der Waals surface area contributed by atoms with E-state index in [-0.39, 0.29) is 23.0 Å². The van der Waals surface area contributed by atoms with E-state index in [1.165, 1.54) is 17.4 Å². The molecule has 0 amide bonds. The van der Waals surface area contributed by atoms with Crippen molar-refractivity contribution in [3.8, 4) is 32.8 Å². The van der Waals surface area contributed by atoms with Gasteiger partial charge in [0.25, 0.3) is 17.5 Å². The van der Waals surface area contributed by atoms with Crippen molar-refractivity contribution in [2.45, 2.75) is 6.92 Å². The molecular weight excluding hydrogens is 354 g/mol. The third-order valence-electron chi connectivity index (χ3n) is 3.66. The molecule has 3 heterocycles. The first-order valence-electron chi connectivity index (χ1n) is 7.59. The molecule has 0 radical (unpaired) electrons. The van der Waals surface area contributed by atoms with Crippen molar-refractivity contribution in [2.75, 3.05) is 0 Å². The third kappa shape index (κ3) is 2.84. The van der Waals surface area contributed by atoms with Gasteiger partial charge >= 0.3 is 0 Å². The van der Waals surface area contributed by atoms with E-state index >= 15 is 0 Å². The highest BCUT2D eigenvalue weighted by atomic mass is 32.1. The zero-order valence-electron chi connectivity index (χ0n) is 13.5. The first kappa shape index (κ1) is 16.0. The van der Waals surface area contributed by atoms with Crippen LogP contribution in [0.3, 0.4) is 0 Å². The maximum atomic E-state index is 11.2. The van der Waals surface area contributed by atoms with Gasteiger partial charge in [-0.3, -0.25) is 15.1 Å². The lowest BCUT2D eigenvalue weighted by molar-refractivity contribution is -0.384. The van der Waals surface area contributed by atoms with E-state index in [1.807, 2.05) is 19.1 Å². The minimum atomic E-state index is -0.475. The number of aromatic nitrogens is 4. The van der Waals surface area contributed by atoms with Crippen LogP contribution in [0, 0.1) is 17.0 Å². The fourth-order valence-corrected chi connectivity index (χ4v) is 3.42. The summed E-state index contributed by atoms with van der Waals surface area (Å²) >= 11 is 1.40. The monoisotopic (exact) mass is 365 g/mol. The van der Waals surface area contributed by atoms with Crippen molar-refractivity contribution in [1.82, 2.24) is 20.2 Å². The number of hydrogen-bond donors (Lipinski definition) is 0. The maximum absolute atomic E-state index is 11.2. The fraction of sp³-hybridized carbons (Fsp3) is 0.0588. The number of para-hydroxylation sites is 1. The molecule has 1 aromatic carbocycles. The van der Waals surface area contributed by atoms with Gasteiger partial charge in [0.05, 0.1) is 10.6 Å². The number of thiazole rings is 1. The van der Waals surface area contributed by atoms with Gasteiger partial charge in [0.1, 0.15) is 15.4 Å². The van der Waals surface area contributed by atoms with Crippen LogP contribution < -0.4 is 0 Å². The van der Waals surface area contributed by atoms with Gasteiger partial charge in [0, 0.05) is 24.0 Å². The summed E-state index contributed by atoms with van der Waals surface area (Å²) in [6.07, 6.45) is 3.43. The molecule has 0 saturated heterocycles. The molecule has 0 bridgehead atoms. The predicted octanol–water partition coefficient (Wildman–Crippen LogP) is 4.14. The molecule has 0 atom stereocenters. The Labute approximate surface area is 151 Å². The minimum Gasteiger partial charge on any atom is -0.415 e. The molecule has 0 aliphatic rings. The summed E-state index contributed by atoms with van der Waals surface area (Å²) in [5, 5.41) is 20.0. The van der Waals surface area contributed by atoms with Crippen molar-refractivity contribution in [3.63, 3.8) is 0 Å². The number of nitrogens with zero attached hydrogens (tertiary/aromatic N) is 5. The van der Waals surface area contributed by atoms with E-state index < -0.39 is 4.92 Å². The molecule has 4 aromatic rings. The summed E-state index contributed by atoms with van der Waals surface area (Å²) in [4.78, 5) is 20.1. The van der Waals surface area contributed by atoms with Crippen molar-refractivity contribution in [1.29, 1.82) is 0 Å². The van der Waals surface area contributed by atoms with Crippen molar-refractivity contribution in [3.05, 3.63) is 64.6 Å². The molecule has 0 saturated carbocycles. The number of rotatable bonds is 4. The van der Waals surface area contributed by atoms with Gasteiger partial charge in [-0.25, -0.2) is 4.98 Å². The van der Waals surface area contributed by atoms with Crippen LogP contribution in [-0.4, -0.2) is 25.1 Å². The van der Waals surface area contributed by atoms with Gasteiger partial charge < -0.3 is 4.42 Å². The van der Waals surface area contributed by atoms with Crippen molar-refractivity contribution in [2.24, 2.45) is 0 Å². The molecule has 26 heavy (non-hydrogen) atoms. The lowest BCUT2D eigenvalue weighted by Crippen LogP contribution is -1.91. The first-order chi connectivity index (χ1) is 12.6. The zero-order chi connectivity index (χ0) is 18.1. The molecule has 0 spiro atoms. The molecule has 8 nitrogen and oxygen atoms in total. The van der Waals surface area contributed by atoms with Crippen LogP contribution in [0.15, 0.2) is 53.2 Å². The molecular formula is C17H11N5O3S. The molecule has 0 N–H and O–H groups in total. The molecule has 3 aromatic heterocycles. The number of nitro benzene ring substituents is 1. The lowest BCUT2D eigenvalue weighted by Gasteiger charge is -1.96. The van der Waals surface area contributed by atoms with Crippen LogP contribution >= 0.6 is 11.3 Å². The van der Waals surface area contributed by atoms with Crippen molar-refractivity contribution >= 4 is 17.0 Å². The van der Waals surface area contributed by atoms with Crippen LogP contribution in [0.25, 0.3) is 32.8 Å². The molecule has 0 unspecified atom stereocenters. The molecule has 9 heteroatoms. The SMILES string of the molecule is Cc1nc(-c2cccnc2)sc1-c1nnc(-c2ccccc2[N+](=O)[O-])o1. The van der Waals surface area contributed by atoms with Crippen molar-refractivity contribution < 1.29 is 9.34 Å². The summed E-state index contributed by atoms with van der Waals surface area (Å²) in [7, 11) is 0. The standard InChI is InChI=1S/C17H11N5O3S/c1-10-14(26-17(19-10)11-5-4-8-18-9-11)16-21-20-15(25-16)12-6-2-3-7-13(12)22(23)24/h2-9H,1H3. The topological polar surface area (TPSA) is 108 Å². The first-order valence-corrected chi connectivity index (χ1v) is 8.40. The normalized spacial score (nSPS) is 10.8. The summed E-state index contributed by atoms with van der Waals surface area (Å²) in [6, 6.07) is 10.0. The number of aryl methyl sites for hydroxylation is 1. The van der Waals surface area contributed by atoms with Gasteiger partial charge in [0.2, 0.25) is 0 Å². The average Bonchev–Trinajstić information content (AvgIpc) is 3.29. The van der Waals surface area contributed by atoms with Crippen LogP contribution in [0.5, 0.6) is 0 Å². The highest BCUT2D eigenvalue weighted by Crippen LogP contribution is 2.36. The van der Waals surface area contributed by atoms with Gasteiger partial charge in [0.15, 0.2) is 0 Å². The Kier molecular flexibility index (Phi) is 3.98. The van der Waals surface area contributed by atoms with Crippen LogP contribution in [-0.2, 0) is 0 Å². The average molecular weight is 365 g/mol.